The van der Waals surface area contributed by atoms with Gasteiger partial charge in [-0.2, -0.15) is 5.10 Å². The maximum Gasteiger partial charge on any atom is 0.192 e. The van der Waals surface area contributed by atoms with Crippen molar-refractivity contribution < 1.29 is 14.1 Å². The molecule has 0 aliphatic heterocycles. The largest absolute Gasteiger partial charge is 0.493 e. The highest BCUT2D eigenvalue weighted by atomic mass is 32.2. The topological polar surface area (TPSA) is 107 Å². The number of nitrogens with two attached hydrogens (primary N) is 2. The van der Waals surface area contributed by atoms with E-state index < -0.39 is 0 Å². The van der Waals surface area contributed by atoms with Gasteiger partial charge in [0.1, 0.15) is 18.1 Å². The first kappa shape index (κ1) is 18.2. The van der Waals surface area contributed by atoms with Crippen molar-refractivity contribution in [1.29, 1.82) is 0 Å². The van der Waals surface area contributed by atoms with E-state index in [0.29, 0.717) is 31.0 Å². The van der Waals surface area contributed by atoms with Gasteiger partial charge in [-0.1, -0.05) is 18.7 Å². The monoisotopic (exact) mass is 326 g/mol. The first-order chi connectivity index (χ1) is 10.7. The first-order valence-corrected chi connectivity index (χ1v) is 8.19. The van der Waals surface area contributed by atoms with Crippen molar-refractivity contribution in [3.8, 4) is 5.75 Å². The van der Waals surface area contributed by atoms with E-state index in [4.69, 9.17) is 16.4 Å². The fourth-order valence-electron chi connectivity index (χ4n) is 1.71. The van der Waals surface area contributed by atoms with Gasteiger partial charge in [0.2, 0.25) is 0 Å². The molecular formula is C14H24N5O2S+. The van der Waals surface area contributed by atoms with Crippen molar-refractivity contribution in [2.75, 3.05) is 12.4 Å². The van der Waals surface area contributed by atoms with Crippen LogP contribution in [0.1, 0.15) is 26.2 Å². The molecule has 0 saturated heterocycles. The number of aryl methyl sites for hydroxylation is 1. The summed E-state index contributed by atoms with van der Waals surface area (Å²) in [6, 6.07) is 3.81. The number of ether oxygens (including phenoxy) is 1. The maximum absolute atomic E-state index is 11.7. The van der Waals surface area contributed by atoms with Crippen LogP contribution in [0.25, 0.3) is 0 Å². The van der Waals surface area contributed by atoms with E-state index >= 15 is 0 Å². The molecule has 0 radical (unpaired) electrons. The number of hydrazine groups is 1. The molecule has 0 fully saturated rings. The minimum Gasteiger partial charge on any atom is -0.493 e. The minimum absolute atomic E-state index is 0.0744. The molecule has 1 heterocycles. The summed E-state index contributed by atoms with van der Waals surface area (Å²) in [5.41, 5.74) is 2.38. The summed E-state index contributed by atoms with van der Waals surface area (Å²) in [4.78, 5) is 11.7. The van der Waals surface area contributed by atoms with Crippen molar-refractivity contribution in [3.63, 3.8) is 0 Å². The summed E-state index contributed by atoms with van der Waals surface area (Å²) in [5.74, 6) is 12.1. The van der Waals surface area contributed by atoms with Gasteiger partial charge in [0.25, 0.3) is 0 Å². The summed E-state index contributed by atoms with van der Waals surface area (Å²) >= 11 is 1.22. The Morgan fingerprint density at radius 2 is 2.14 bits per heavy atom. The number of thioether (sulfide) groups is 1. The second-order valence-corrected chi connectivity index (χ2v) is 5.71. The average molecular weight is 326 g/mol. The van der Waals surface area contributed by atoms with Gasteiger partial charge in [0.05, 0.1) is 13.0 Å². The lowest BCUT2D eigenvalue weighted by Crippen LogP contribution is -2.31. The number of hydrazone groups is 1. The van der Waals surface area contributed by atoms with Crippen LogP contribution in [0.15, 0.2) is 29.6 Å². The van der Waals surface area contributed by atoms with Gasteiger partial charge in [0.15, 0.2) is 17.5 Å². The molecule has 122 valence electrons. The quantitative estimate of drug-likeness (QED) is 0.201. The molecule has 0 atom stereocenters. The van der Waals surface area contributed by atoms with Crippen molar-refractivity contribution in [2.24, 2.45) is 16.8 Å². The van der Waals surface area contributed by atoms with Crippen LogP contribution in [-0.2, 0) is 11.3 Å². The highest BCUT2D eigenvalue weighted by Gasteiger charge is 2.06. The second kappa shape index (κ2) is 10.9. The fraction of sp³-hybridized carbons (Fsp3) is 0.500. The number of nitrogens with one attached hydrogen (secondary N) is 1. The molecule has 1 aromatic rings. The van der Waals surface area contributed by atoms with Crippen molar-refractivity contribution in [2.45, 2.75) is 32.7 Å². The molecule has 8 heteroatoms. The number of pyridine rings is 1. The molecule has 0 unspecified atom stereocenters. The molecular weight excluding hydrogens is 302 g/mol. The van der Waals surface area contributed by atoms with Crippen LogP contribution < -0.4 is 26.4 Å². The van der Waals surface area contributed by atoms with Crippen LogP contribution in [-0.4, -0.2) is 23.3 Å². The first-order valence-electron chi connectivity index (χ1n) is 7.20. The zero-order valence-electron chi connectivity index (χ0n) is 12.8. The number of aromatic nitrogens is 1. The molecule has 1 rings (SSSR count). The number of rotatable bonds is 9. The Balaban J connectivity index is 2.19. The van der Waals surface area contributed by atoms with Gasteiger partial charge in [-0.05, 0) is 0 Å². The lowest BCUT2D eigenvalue weighted by Gasteiger charge is -2.05. The van der Waals surface area contributed by atoms with E-state index in [1.54, 1.807) is 0 Å². The average Bonchev–Trinajstić information content (AvgIpc) is 2.53. The third-order valence-electron chi connectivity index (χ3n) is 2.84. The van der Waals surface area contributed by atoms with Crippen molar-refractivity contribution in [3.05, 3.63) is 24.5 Å². The number of hydrogen-bond acceptors (Lipinski definition) is 6. The Morgan fingerprint density at radius 3 is 2.73 bits per heavy atom. The fourth-order valence-corrected chi connectivity index (χ4v) is 2.46. The van der Waals surface area contributed by atoms with Gasteiger partial charge < -0.3 is 16.0 Å². The Labute approximate surface area is 135 Å². The summed E-state index contributed by atoms with van der Waals surface area (Å²) in [7, 11) is 0. The third kappa shape index (κ3) is 7.28. The maximum atomic E-state index is 11.7. The predicted molar refractivity (Wildman–Crippen MR) is 88.1 cm³/mol. The van der Waals surface area contributed by atoms with Gasteiger partial charge in [-0.25, -0.2) is 10.4 Å². The smallest absolute Gasteiger partial charge is 0.192 e. The Bertz CT molecular complexity index is 479. The van der Waals surface area contributed by atoms with Crippen LogP contribution >= 0.6 is 11.8 Å². The highest BCUT2D eigenvalue weighted by Crippen LogP contribution is 2.10. The van der Waals surface area contributed by atoms with E-state index in [9.17, 15) is 4.79 Å². The Kier molecular flexibility index (Phi) is 9.01. The lowest BCUT2D eigenvalue weighted by atomic mass is 10.4. The van der Waals surface area contributed by atoms with E-state index in [1.165, 1.54) is 11.8 Å². The molecule has 22 heavy (non-hydrogen) atoms. The lowest BCUT2D eigenvalue weighted by molar-refractivity contribution is -0.697. The summed E-state index contributed by atoms with van der Waals surface area (Å²) in [6.45, 7) is 3.49. The number of hydrogen-bond donors (Lipinski definition) is 3. The third-order valence-corrected chi connectivity index (χ3v) is 3.78. The highest BCUT2D eigenvalue weighted by molar-refractivity contribution is 8.13. The predicted octanol–water partition coefficient (Wildman–Crippen LogP) is 0.538. The van der Waals surface area contributed by atoms with E-state index in [0.717, 1.165) is 18.7 Å². The second-order valence-electron chi connectivity index (χ2n) is 4.56. The SMILES string of the molecule is CCC[n+]1ccc(OCCC(=O)SCC/C(=N/N)NN)cc1. The molecule has 0 amide bonds. The molecule has 1 aromatic heterocycles. The van der Waals surface area contributed by atoms with Crippen LogP contribution in [0.4, 0.5) is 0 Å². The van der Waals surface area contributed by atoms with E-state index in [-0.39, 0.29) is 5.12 Å². The molecule has 0 saturated carbocycles. The van der Waals surface area contributed by atoms with Gasteiger partial charge in [0, 0.05) is 30.7 Å². The van der Waals surface area contributed by atoms with E-state index in [2.05, 4.69) is 22.0 Å². The van der Waals surface area contributed by atoms with Gasteiger partial charge in [-0.15, -0.1) is 0 Å². The molecule has 7 nitrogen and oxygen atoms in total. The van der Waals surface area contributed by atoms with Crippen LogP contribution in [0.5, 0.6) is 5.75 Å². The van der Waals surface area contributed by atoms with Gasteiger partial charge >= 0.3 is 0 Å². The molecule has 5 N–H and O–H groups in total. The number of carbonyl (C=O) groups is 1. The zero-order valence-corrected chi connectivity index (χ0v) is 13.6. The number of amidine groups is 1. The minimum atomic E-state index is 0.0744. The van der Waals surface area contributed by atoms with Crippen molar-refractivity contribution in [1.82, 2.24) is 5.43 Å². The van der Waals surface area contributed by atoms with E-state index in [1.807, 2.05) is 24.5 Å². The summed E-state index contributed by atoms with van der Waals surface area (Å²) < 4.78 is 7.65. The Hall–Kier alpha value is -1.80. The summed E-state index contributed by atoms with van der Waals surface area (Å²) in [6.07, 6.45) is 5.93. The Morgan fingerprint density at radius 1 is 1.41 bits per heavy atom. The summed E-state index contributed by atoms with van der Waals surface area (Å²) in [5, 5.41) is 3.53. The zero-order chi connectivity index (χ0) is 16.2. The number of carbonyl (C=O) groups excluding carboxylic acids is 1. The standard InChI is InChI=1S/C14H24N5O2S/c1-2-7-19-8-3-12(4-9-19)21-10-5-14(20)22-11-6-13(17-15)18-16/h3-4,8-9H,2,5-7,10-11,15-16H2,1H3,(H,17,18)/q+1. The van der Waals surface area contributed by atoms with Gasteiger partial charge in [-0.3, -0.25) is 4.79 Å². The molecule has 0 bridgehead atoms. The van der Waals surface area contributed by atoms with Crippen LogP contribution in [0.2, 0.25) is 0 Å². The molecule has 0 aliphatic rings. The van der Waals surface area contributed by atoms with Crippen molar-refractivity contribution >= 4 is 22.7 Å². The number of nitrogens with zero attached hydrogens (tertiary/aromatic N) is 2. The van der Waals surface area contributed by atoms with Crippen LogP contribution in [0.3, 0.4) is 0 Å². The molecule has 0 aromatic carbocycles. The molecule has 0 aliphatic carbocycles. The normalized spacial score (nSPS) is 11.3. The molecule has 0 spiro atoms. The van der Waals surface area contributed by atoms with Crippen LogP contribution in [0, 0.1) is 0 Å².